The Bertz CT molecular complexity index is 322. The molecule has 4 saturated carbocycles. The number of piperidine rings is 1. The number of hydrogen-bond acceptors (Lipinski definition) is 2. The van der Waals surface area contributed by atoms with Crippen molar-refractivity contribution in [3.63, 3.8) is 0 Å². The molecule has 0 spiro atoms. The second-order valence-electron chi connectivity index (χ2n) is 7.17. The van der Waals surface area contributed by atoms with Gasteiger partial charge in [0.15, 0.2) is 0 Å². The first-order chi connectivity index (χ1) is 8.81. The van der Waals surface area contributed by atoms with E-state index in [1.165, 1.54) is 32.1 Å². The van der Waals surface area contributed by atoms with Gasteiger partial charge >= 0.3 is 0 Å². The summed E-state index contributed by atoms with van der Waals surface area (Å²) in [6, 6.07) is 0. The van der Waals surface area contributed by atoms with Crippen molar-refractivity contribution >= 4 is 10.8 Å². The molecule has 5 fully saturated rings. The van der Waals surface area contributed by atoms with Crippen LogP contribution in [0.1, 0.15) is 44.9 Å². The fourth-order valence-electron chi connectivity index (χ4n) is 5.50. The summed E-state index contributed by atoms with van der Waals surface area (Å²) in [4.78, 5) is 0. The molecule has 1 unspecified atom stereocenters. The van der Waals surface area contributed by atoms with E-state index in [9.17, 15) is 4.21 Å². The van der Waals surface area contributed by atoms with E-state index in [1.807, 2.05) is 0 Å². The van der Waals surface area contributed by atoms with Crippen LogP contribution in [-0.2, 0) is 10.8 Å². The smallest absolute Gasteiger partial charge is 0.0407 e. The first-order valence-electron chi connectivity index (χ1n) is 7.91. The summed E-state index contributed by atoms with van der Waals surface area (Å²) in [5, 5.41) is 4.49. The Morgan fingerprint density at radius 2 is 1.39 bits per heavy atom. The third kappa shape index (κ3) is 1.89. The van der Waals surface area contributed by atoms with Crippen molar-refractivity contribution in [3.05, 3.63) is 0 Å². The molecule has 1 saturated heterocycles. The van der Waals surface area contributed by atoms with Crippen LogP contribution in [0.4, 0.5) is 0 Å². The van der Waals surface area contributed by atoms with Gasteiger partial charge in [0.05, 0.1) is 0 Å². The van der Waals surface area contributed by atoms with Gasteiger partial charge in [-0.25, -0.2) is 0 Å². The van der Waals surface area contributed by atoms with Gasteiger partial charge in [0.25, 0.3) is 0 Å². The molecule has 1 aliphatic heterocycles. The molecular formula is C15H25NOS. The molecule has 1 atom stereocenters. The second kappa shape index (κ2) is 4.59. The van der Waals surface area contributed by atoms with Crippen molar-refractivity contribution in [2.75, 3.05) is 13.1 Å². The van der Waals surface area contributed by atoms with Gasteiger partial charge in [-0.3, -0.25) is 4.21 Å². The normalized spacial score (nSPS) is 49.4. The zero-order valence-corrected chi connectivity index (χ0v) is 12.0. The minimum absolute atomic E-state index is 0.508. The summed E-state index contributed by atoms with van der Waals surface area (Å²) in [6.45, 7) is 2.17. The quantitative estimate of drug-likeness (QED) is 0.832. The van der Waals surface area contributed by atoms with E-state index in [0.717, 1.165) is 49.6 Å². The summed E-state index contributed by atoms with van der Waals surface area (Å²) in [5.41, 5.74) is 0. The van der Waals surface area contributed by atoms with Crippen molar-refractivity contribution in [2.24, 2.45) is 23.7 Å². The lowest BCUT2D eigenvalue weighted by molar-refractivity contribution is 0.0249. The molecule has 18 heavy (non-hydrogen) atoms. The average Bonchev–Trinajstić information content (AvgIpc) is 2.38. The van der Waals surface area contributed by atoms with E-state index >= 15 is 0 Å². The van der Waals surface area contributed by atoms with E-state index in [-0.39, 0.29) is 0 Å². The second-order valence-corrected chi connectivity index (χ2v) is 9.04. The number of hydrogen-bond donors (Lipinski definition) is 1. The largest absolute Gasteiger partial charge is 0.317 e. The SMILES string of the molecule is O=S(C1CCNCC1)C1C2CC3CC(C2)CC1C3. The topological polar surface area (TPSA) is 29.1 Å². The molecule has 0 aromatic heterocycles. The van der Waals surface area contributed by atoms with Gasteiger partial charge in [-0.2, -0.15) is 0 Å². The van der Waals surface area contributed by atoms with Crippen molar-refractivity contribution in [1.82, 2.24) is 5.32 Å². The van der Waals surface area contributed by atoms with Gasteiger partial charge in [-0.15, -0.1) is 0 Å². The highest BCUT2D eigenvalue weighted by Crippen LogP contribution is 2.55. The molecule has 102 valence electrons. The van der Waals surface area contributed by atoms with Crippen LogP contribution in [0.5, 0.6) is 0 Å². The molecule has 1 N–H and O–H groups in total. The average molecular weight is 267 g/mol. The summed E-state index contributed by atoms with van der Waals surface area (Å²) in [7, 11) is -0.536. The highest BCUT2D eigenvalue weighted by molar-refractivity contribution is 7.86. The fraction of sp³-hybridized carbons (Fsp3) is 1.00. The first-order valence-corrected chi connectivity index (χ1v) is 9.19. The maximum atomic E-state index is 13.0. The molecular weight excluding hydrogens is 242 g/mol. The third-order valence-corrected chi connectivity index (χ3v) is 8.46. The van der Waals surface area contributed by atoms with Crippen molar-refractivity contribution in [3.8, 4) is 0 Å². The zero-order chi connectivity index (χ0) is 12.1. The Morgan fingerprint density at radius 3 is 1.94 bits per heavy atom. The molecule has 5 aliphatic rings. The predicted octanol–water partition coefficient (Wildman–Crippen LogP) is 2.31. The van der Waals surface area contributed by atoms with Crippen LogP contribution in [0.3, 0.4) is 0 Å². The molecule has 5 rings (SSSR count). The molecule has 2 nitrogen and oxygen atoms in total. The van der Waals surface area contributed by atoms with E-state index in [0.29, 0.717) is 10.5 Å². The standard InChI is InChI=1S/C15H25NOS/c17-18(14-1-3-16-4-2-14)15-12-6-10-5-11(8-12)9-13(15)7-10/h10-16H,1-9H2. The summed E-state index contributed by atoms with van der Waals surface area (Å²) < 4.78 is 13.0. The molecule has 0 aromatic carbocycles. The van der Waals surface area contributed by atoms with Crippen LogP contribution in [0.15, 0.2) is 0 Å². The maximum Gasteiger partial charge on any atom is 0.0407 e. The minimum atomic E-state index is -0.536. The van der Waals surface area contributed by atoms with Gasteiger partial charge in [-0.1, -0.05) is 0 Å². The molecule has 0 amide bonds. The lowest BCUT2D eigenvalue weighted by Gasteiger charge is -2.54. The number of rotatable bonds is 2. The summed E-state index contributed by atoms with van der Waals surface area (Å²) in [5.74, 6) is 3.68. The third-order valence-electron chi connectivity index (χ3n) is 6.02. The van der Waals surface area contributed by atoms with E-state index in [2.05, 4.69) is 5.32 Å². The molecule has 1 heterocycles. The van der Waals surface area contributed by atoms with Crippen LogP contribution < -0.4 is 5.32 Å². The summed E-state index contributed by atoms with van der Waals surface area (Å²) >= 11 is 0. The Kier molecular flexibility index (Phi) is 3.03. The monoisotopic (exact) mass is 267 g/mol. The van der Waals surface area contributed by atoms with Crippen LogP contribution in [0, 0.1) is 23.7 Å². The first kappa shape index (κ1) is 11.9. The lowest BCUT2D eigenvalue weighted by atomic mass is 9.56. The molecule has 4 bridgehead atoms. The van der Waals surface area contributed by atoms with E-state index in [1.54, 1.807) is 0 Å². The minimum Gasteiger partial charge on any atom is -0.317 e. The number of nitrogens with one attached hydrogen (secondary N) is 1. The Hall–Kier alpha value is 0.110. The van der Waals surface area contributed by atoms with Crippen LogP contribution >= 0.6 is 0 Å². The maximum absolute atomic E-state index is 13.0. The summed E-state index contributed by atoms with van der Waals surface area (Å²) in [6.07, 6.45) is 9.44. The fourth-order valence-corrected chi connectivity index (χ4v) is 7.85. The van der Waals surface area contributed by atoms with Crippen molar-refractivity contribution < 1.29 is 4.21 Å². The molecule has 0 radical (unpaired) electrons. The lowest BCUT2D eigenvalue weighted by Crippen LogP contribution is -2.52. The van der Waals surface area contributed by atoms with Gasteiger partial charge < -0.3 is 5.32 Å². The zero-order valence-electron chi connectivity index (χ0n) is 11.1. The van der Waals surface area contributed by atoms with Gasteiger partial charge in [-0.05, 0) is 81.7 Å². The highest BCUT2D eigenvalue weighted by Gasteiger charge is 2.51. The molecule has 0 aromatic rings. The molecule has 4 aliphatic carbocycles. The van der Waals surface area contributed by atoms with Crippen molar-refractivity contribution in [2.45, 2.75) is 55.4 Å². The Labute approximate surface area is 113 Å². The van der Waals surface area contributed by atoms with Crippen LogP contribution in [0.25, 0.3) is 0 Å². The van der Waals surface area contributed by atoms with E-state index in [4.69, 9.17) is 0 Å². The van der Waals surface area contributed by atoms with Gasteiger partial charge in [0.1, 0.15) is 0 Å². The van der Waals surface area contributed by atoms with E-state index < -0.39 is 10.8 Å². The molecule has 3 heteroatoms. The van der Waals surface area contributed by atoms with Crippen molar-refractivity contribution in [1.29, 1.82) is 0 Å². The predicted molar refractivity (Wildman–Crippen MR) is 74.9 cm³/mol. The van der Waals surface area contributed by atoms with Crippen LogP contribution in [0.2, 0.25) is 0 Å². The van der Waals surface area contributed by atoms with Crippen LogP contribution in [-0.4, -0.2) is 27.8 Å². The highest BCUT2D eigenvalue weighted by atomic mass is 32.2. The van der Waals surface area contributed by atoms with Gasteiger partial charge in [0.2, 0.25) is 0 Å². The van der Waals surface area contributed by atoms with Gasteiger partial charge in [0, 0.05) is 21.3 Å². The Balaban J connectivity index is 1.52. The Morgan fingerprint density at radius 1 is 0.833 bits per heavy atom.